The predicted octanol–water partition coefficient (Wildman–Crippen LogP) is 5.69. The Kier molecular flexibility index (Phi) is 7.66. The molecule has 3 rings (SSSR count). The maximum atomic E-state index is 13.3. The average Bonchev–Trinajstić information content (AvgIpc) is 3.14. The molecule has 3 nitrogen and oxygen atoms in total. The first-order valence-corrected chi connectivity index (χ1v) is 11.7. The second-order valence-corrected chi connectivity index (χ2v) is 9.92. The summed E-state index contributed by atoms with van der Waals surface area (Å²) < 4.78 is 0. The van der Waals surface area contributed by atoms with Gasteiger partial charge in [-0.15, -0.1) is 11.8 Å². The molecule has 0 N–H and O–H groups in total. The van der Waals surface area contributed by atoms with E-state index >= 15 is 0 Å². The van der Waals surface area contributed by atoms with Crippen LogP contribution in [-0.4, -0.2) is 41.1 Å². The molecule has 0 saturated carbocycles. The summed E-state index contributed by atoms with van der Waals surface area (Å²) in [6, 6.07) is 14.4. The van der Waals surface area contributed by atoms with Gasteiger partial charge in [-0.2, -0.15) is 0 Å². The minimum absolute atomic E-state index is 0.0119. The third-order valence-corrected chi connectivity index (χ3v) is 6.85. The molecule has 0 aromatic heterocycles. The van der Waals surface area contributed by atoms with Crippen LogP contribution in [0.15, 0.2) is 42.5 Å². The second kappa shape index (κ2) is 10.0. The lowest BCUT2D eigenvalue weighted by atomic mass is 10.0. The van der Waals surface area contributed by atoms with Crippen molar-refractivity contribution in [1.82, 2.24) is 9.80 Å². The Bertz CT molecular complexity index is 855. The molecule has 0 bridgehead atoms. The molecule has 1 heterocycles. The van der Waals surface area contributed by atoms with Gasteiger partial charge in [-0.25, -0.2) is 0 Å². The van der Waals surface area contributed by atoms with Gasteiger partial charge >= 0.3 is 0 Å². The number of halogens is 1. The Morgan fingerprint density at radius 3 is 2.72 bits per heavy atom. The van der Waals surface area contributed by atoms with Crippen molar-refractivity contribution in [1.29, 1.82) is 0 Å². The smallest absolute Gasteiger partial charge is 0.237 e. The SMILES string of the molecule is Cc1ccc(C)c(CN(CC(=O)N2CCS[C@@H]2c2ccccc2Cl)CC(C)C)c1. The predicted molar refractivity (Wildman–Crippen MR) is 124 cm³/mol. The van der Waals surface area contributed by atoms with Crippen LogP contribution in [-0.2, 0) is 11.3 Å². The van der Waals surface area contributed by atoms with Crippen LogP contribution in [0.25, 0.3) is 0 Å². The first-order valence-electron chi connectivity index (χ1n) is 10.3. The number of benzene rings is 2. The van der Waals surface area contributed by atoms with Gasteiger partial charge in [0.2, 0.25) is 5.91 Å². The summed E-state index contributed by atoms with van der Waals surface area (Å²) in [6.45, 7) is 11.6. The molecule has 1 amide bonds. The Morgan fingerprint density at radius 1 is 1.24 bits per heavy atom. The van der Waals surface area contributed by atoms with Crippen molar-refractivity contribution >= 4 is 29.3 Å². The second-order valence-electron chi connectivity index (χ2n) is 8.33. The van der Waals surface area contributed by atoms with E-state index in [1.165, 1.54) is 16.7 Å². The summed E-state index contributed by atoms with van der Waals surface area (Å²) in [4.78, 5) is 17.6. The van der Waals surface area contributed by atoms with E-state index in [1.807, 2.05) is 29.2 Å². The normalized spacial score (nSPS) is 16.8. The number of hydrogen-bond donors (Lipinski definition) is 0. The van der Waals surface area contributed by atoms with Gasteiger partial charge in [-0.05, 0) is 37.0 Å². The molecule has 1 aliphatic heterocycles. The zero-order valence-corrected chi connectivity index (χ0v) is 19.4. The molecular weight excluding hydrogens is 400 g/mol. The van der Waals surface area contributed by atoms with Crippen LogP contribution in [0.2, 0.25) is 5.02 Å². The molecule has 1 aliphatic rings. The zero-order chi connectivity index (χ0) is 21.0. The highest BCUT2D eigenvalue weighted by Crippen LogP contribution is 2.40. The highest BCUT2D eigenvalue weighted by molar-refractivity contribution is 7.99. The van der Waals surface area contributed by atoms with E-state index < -0.39 is 0 Å². The van der Waals surface area contributed by atoms with Crippen LogP contribution in [0.5, 0.6) is 0 Å². The Hall–Kier alpha value is -1.49. The van der Waals surface area contributed by atoms with E-state index in [9.17, 15) is 4.79 Å². The van der Waals surface area contributed by atoms with Crippen molar-refractivity contribution in [3.8, 4) is 0 Å². The molecule has 0 radical (unpaired) electrons. The molecule has 1 fully saturated rings. The number of thioether (sulfide) groups is 1. The Labute approximate surface area is 184 Å². The van der Waals surface area contributed by atoms with Crippen LogP contribution in [0, 0.1) is 19.8 Å². The Morgan fingerprint density at radius 2 is 2.00 bits per heavy atom. The highest BCUT2D eigenvalue weighted by atomic mass is 35.5. The van der Waals surface area contributed by atoms with Gasteiger partial charge in [0, 0.05) is 36.0 Å². The first kappa shape index (κ1) is 22.2. The number of amides is 1. The van der Waals surface area contributed by atoms with Crippen molar-refractivity contribution in [2.24, 2.45) is 5.92 Å². The summed E-state index contributed by atoms with van der Waals surface area (Å²) in [5.41, 5.74) is 4.88. The maximum absolute atomic E-state index is 13.3. The van der Waals surface area contributed by atoms with Crippen LogP contribution in [0.1, 0.15) is 41.5 Å². The van der Waals surface area contributed by atoms with Crippen molar-refractivity contribution in [2.75, 3.05) is 25.4 Å². The fourth-order valence-electron chi connectivity index (χ4n) is 3.85. The molecule has 0 unspecified atom stereocenters. The number of aryl methyl sites for hydroxylation is 2. The van der Waals surface area contributed by atoms with E-state index in [-0.39, 0.29) is 11.3 Å². The first-order chi connectivity index (χ1) is 13.8. The number of hydrogen-bond acceptors (Lipinski definition) is 3. The molecule has 5 heteroatoms. The Balaban J connectivity index is 1.75. The van der Waals surface area contributed by atoms with Crippen LogP contribution in [0.4, 0.5) is 0 Å². The van der Waals surface area contributed by atoms with Gasteiger partial charge in [-0.3, -0.25) is 9.69 Å². The van der Waals surface area contributed by atoms with Gasteiger partial charge in [-0.1, -0.05) is 67.4 Å². The maximum Gasteiger partial charge on any atom is 0.237 e. The lowest BCUT2D eigenvalue weighted by molar-refractivity contribution is -0.132. The fraction of sp³-hybridized carbons (Fsp3) is 0.458. The number of nitrogens with zero attached hydrogens (tertiary/aromatic N) is 2. The molecule has 0 aliphatic carbocycles. The molecule has 2 aromatic carbocycles. The molecule has 0 spiro atoms. The highest BCUT2D eigenvalue weighted by Gasteiger charge is 2.32. The van der Waals surface area contributed by atoms with Gasteiger partial charge in [0.15, 0.2) is 0 Å². The number of carbonyl (C=O) groups excluding carboxylic acids is 1. The molecule has 29 heavy (non-hydrogen) atoms. The van der Waals surface area contributed by atoms with Gasteiger partial charge in [0.25, 0.3) is 0 Å². The van der Waals surface area contributed by atoms with E-state index in [4.69, 9.17) is 11.6 Å². The standard InChI is InChI=1S/C24H31ClN2OS/c1-17(2)14-26(15-20-13-18(3)9-10-19(20)4)16-23(28)27-11-12-29-24(27)21-7-5-6-8-22(21)25/h5-10,13,17,24H,11-12,14-16H2,1-4H3/t24-/m1/s1. The van der Waals surface area contributed by atoms with Crippen molar-refractivity contribution in [3.05, 3.63) is 69.7 Å². The summed E-state index contributed by atoms with van der Waals surface area (Å²) in [7, 11) is 0. The van der Waals surface area contributed by atoms with E-state index in [0.29, 0.717) is 12.5 Å². The van der Waals surface area contributed by atoms with Crippen LogP contribution >= 0.6 is 23.4 Å². The molecule has 1 atom stereocenters. The lowest BCUT2D eigenvalue weighted by Crippen LogP contribution is -2.41. The van der Waals surface area contributed by atoms with Crippen LogP contribution < -0.4 is 0 Å². The molecule has 156 valence electrons. The quantitative estimate of drug-likeness (QED) is 0.563. The lowest BCUT2D eigenvalue weighted by Gasteiger charge is -2.30. The van der Waals surface area contributed by atoms with E-state index in [0.717, 1.165) is 36.0 Å². The fourth-order valence-corrected chi connectivity index (χ4v) is 5.47. The summed E-state index contributed by atoms with van der Waals surface area (Å²) in [6.07, 6.45) is 0. The van der Waals surface area contributed by atoms with E-state index in [2.05, 4.69) is 50.8 Å². The zero-order valence-electron chi connectivity index (χ0n) is 17.8. The monoisotopic (exact) mass is 430 g/mol. The molecular formula is C24H31ClN2OS. The minimum atomic E-state index is 0.0119. The molecule has 1 saturated heterocycles. The average molecular weight is 431 g/mol. The van der Waals surface area contributed by atoms with Gasteiger partial charge in [0.1, 0.15) is 5.37 Å². The van der Waals surface area contributed by atoms with Gasteiger partial charge < -0.3 is 4.90 Å². The number of carbonyl (C=O) groups is 1. The summed E-state index contributed by atoms with van der Waals surface area (Å²) in [5, 5.41) is 0.747. The molecule has 2 aromatic rings. The van der Waals surface area contributed by atoms with E-state index in [1.54, 1.807) is 11.8 Å². The summed E-state index contributed by atoms with van der Waals surface area (Å²) >= 11 is 8.22. The van der Waals surface area contributed by atoms with Crippen molar-refractivity contribution in [2.45, 2.75) is 39.6 Å². The van der Waals surface area contributed by atoms with Crippen molar-refractivity contribution < 1.29 is 4.79 Å². The topological polar surface area (TPSA) is 23.6 Å². The third kappa shape index (κ3) is 5.78. The summed E-state index contributed by atoms with van der Waals surface area (Å²) in [5.74, 6) is 1.63. The van der Waals surface area contributed by atoms with Crippen molar-refractivity contribution in [3.63, 3.8) is 0 Å². The number of rotatable bonds is 7. The van der Waals surface area contributed by atoms with Gasteiger partial charge in [0.05, 0.1) is 6.54 Å². The van der Waals surface area contributed by atoms with Crippen LogP contribution in [0.3, 0.4) is 0 Å². The third-order valence-electron chi connectivity index (χ3n) is 5.26. The minimum Gasteiger partial charge on any atom is -0.325 e. The largest absolute Gasteiger partial charge is 0.325 e.